The number of hydrogen-bond acceptors (Lipinski definition) is 2. The summed E-state index contributed by atoms with van der Waals surface area (Å²) >= 11 is 0. The van der Waals surface area contributed by atoms with Gasteiger partial charge in [0.15, 0.2) is 0 Å². The number of likely N-dealkylation sites (N-methyl/N-ethyl adjacent to an activating group) is 1. The number of amides is 2. The van der Waals surface area contributed by atoms with Gasteiger partial charge in [0.05, 0.1) is 0 Å². The molecule has 1 rings (SSSR count). The van der Waals surface area contributed by atoms with Crippen molar-refractivity contribution in [3.63, 3.8) is 0 Å². The van der Waals surface area contributed by atoms with Gasteiger partial charge in [0, 0.05) is 26.2 Å². The van der Waals surface area contributed by atoms with Crippen molar-refractivity contribution in [1.29, 1.82) is 0 Å². The smallest absolute Gasteiger partial charge is 0.242 e. The zero-order chi connectivity index (χ0) is 16.0. The molecule has 0 aliphatic heterocycles. The number of carbonyl (C=O) groups excluding carboxylic acids is 2. The third-order valence-corrected chi connectivity index (χ3v) is 3.81. The number of nitrogens with zero attached hydrogens (tertiary/aromatic N) is 2. The molecule has 1 aromatic carbocycles. The van der Waals surface area contributed by atoms with Crippen molar-refractivity contribution in [3.8, 4) is 0 Å². The van der Waals surface area contributed by atoms with E-state index in [1.165, 1.54) is 6.92 Å². The first-order chi connectivity index (χ1) is 9.88. The maximum atomic E-state index is 12.3. The van der Waals surface area contributed by atoms with Crippen LogP contribution in [0.15, 0.2) is 18.2 Å². The largest absolute Gasteiger partial charge is 0.344 e. The quantitative estimate of drug-likeness (QED) is 0.808. The minimum Gasteiger partial charge on any atom is -0.344 e. The van der Waals surface area contributed by atoms with E-state index in [0.29, 0.717) is 0 Å². The van der Waals surface area contributed by atoms with E-state index in [4.69, 9.17) is 0 Å². The minimum atomic E-state index is -0.110. The third kappa shape index (κ3) is 4.59. The average molecular weight is 290 g/mol. The summed E-state index contributed by atoms with van der Waals surface area (Å²) in [5.74, 6) is -0.138. The van der Waals surface area contributed by atoms with Gasteiger partial charge in [-0.3, -0.25) is 9.59 Å². The molecule has 0 radical (unpaired) electrons. The molecule has 0 aliphatic rings. The Kier molecular flexibility index (Phi) is 6.40. The zero-order valence-corrected chi connectivity index (χ0v) is 13.8. The van der Waals surface area contributed by atoms with Crippen molar-refractivity contribution in [3.05, 3.63) is 29.3 Å². The first-order valence-electron chi connectivity index (χ1n) is 7.46. The van der Waals surface area contributed by atoms with Gasteiger partial charge >= 0.3 is 0 Å². The summed E-state index contributed by atoms with van der Waals surface area (Å²) in [5, 5.41) is 0. The Morgan fingerprint density at radius 2 is 1.86 bits per heavy atom. The van der Waals surface area contributed by atoms with Gasteiger partial charge < -0.3 is 9.80 Å². The third-order valence-electron chi connectivity index (χ3n) is 3.81. The van der Waals surface area contributed by atoms with E-state index in [-0.39, 0.29) is 18.4 Å². The summed E-state index contributed by atoms with van der Waals surface area (Å²) in [6.07, 6.45) is 2.02. The molecule has 0 N–H and O–H groups in total. The van der Waals surface area contributed by atoms with E-state index in [1.807, 2.05) is 32.0 Å². The number of aryl methyl sites for hydroxylation is 1. The SMILES string of the molecule is CCCCN(C)C(=O)CN(C(C)=O)c1cccc(C)c1C. The van der Waals surface area contributed by atoms with Crippen LogP contribution in [0, 0.1) is 13.8 Å². The first-order valence-corrected chi connectivity index (χ1v) is 7.46. The maximum absolute atomic E-state index is 12.3. The summed E-state index contributed by atoms with van der Waals surface area (Å²) in [6.45, 7) is 8.41. The predicted molar refractivity (Wildman–Crippen MR) is 86.5 cm³/mol. The Hall–Kier alpha value is -1.84. The molecule has 4 heteroatoms. The van der Waals surface area contributed by atoms with E-state index < -0.39 is 0 Å². The van der Waals surface area contributed by atoms with Crippen LogP contribution in [0.3, 0.4) is 0 Å². The predicted octanol–water partition coefficient (Wildman–Crippen LogP) is 2.91. The van der Waals surface area contributed by atoms with Crippen LogP contribution >= 0.6 is 0 Å². The molecule has 0 heterocycles. The molecule has 21 heavy (non-hydrogen) atoms. The summed E-state index contributed by atoms with van der Waals surface area (Å²) in [7, 11) is 1.79. The number of benzene rings is 1. The lowest BCUT2D eigenvalue weighted by molar-refractivity contribution is -0.130. The molecule has 0 bridgehead atoms. The number of rotatable bonds is 6. The second-order valence-corrected chi connectivity index (χ2v) is 5.49. The van der Waals surface area contributed by atoms with E-state index in [2.05, 4.69) is 6.92 Å². The van der Waals surface area contributed by atoms with Crippen molar-refractivity contribution in [2.45, 2.75) is 40.5 Å². The molecule has 1 aromatic rings. The molecule has 0 aromatic heterocycles. The van der Waals surface area contributed by atoms with Crippen molar-refractivity contribution in [2.75, 3.05) is 25.0 Å². The topological polar surface area (TPSA) is 40.6 Å². The molecule has 0 spiro atoms. The van der Waals surface area contributed by atoms with Crippen LogP contribution in [0.1, 0.15) is 37.8 Å². The van der Waals surface area contributed by atoms with E-state index >= 15 is 0 Å². The van der Waals surface area contributed by atoms with Crippen LogP contribution in [0.25, 0.3) is 0 Å². The molecule has 0 saturated heterocycles. The normalized spacial score (nSPS) is 10.3. The first kappa shape index (κ1) is 17.2. The Morgan fingerprint density at radius 3 is 2.43 bits per heavy atom. The summed E-state index contributed by atoms with van der Waals surface area (Å²) in [4.78, 5) is 27.5. The fraction of sp³-hybridized carbons (Fsp3) is 0.529. The Labute approximate surface area is 127 Å². The average Bonchev–Trinajstić information content (AvgIpc) is 2.44. The summed E-state index contributed by atoms with van der Waals surface area (Å²) < 4.78 is 0. The molecule has 0 saturated carbocycles. The van der Waals surface area contributed by atoms with Gasteiger partial charge in [0.25, 0.3) is 0 Å². The van der Waals surface area contributed by atoms with E-state index in [9.17, 15) is 9.59 Å². The van der Waals surface area contributed by atoms with Crippen LogP contribution in [0.4, 0.5) is 5.69 Å². The molecule has 0 atom stereocenters. The molecule has 0 unspecified atom stereocenters. The van der Waals surface area contributed by atoms with Gasteiger partial charge in [-0.25, -0.2) is 0 Å². The highest BCUT2D eigenvalue weighted by Gasteiger charge is 2.20. The number of anilines is 1. The lowest BCUT2D eigenvalue weighted by atomic mass is 10.1. The van der Waals surface area contributed by atoms with Crippen LogP contribution in [0.5, 0.6) is 0 Å². The van der Waals surface area contributed by atoms with Crippen LogP contribution < -0.4 is 4.90 Å². The standard InChI is InChI=1S/C17H26N2O2/c1-6-7-11-18(5)17(21)12-19(15(4)20)16-10-8-9-13(2)14(16)3/h8-10H,6-7,11-12H2,1-5H3. The van der Waals surface area contributed by atoms with Gasteiger partial charge in [0.2, 0.25) is 11.8 Å². The number of carbonyl (C=O) groups is 2. The molecule has 4 nitrogen and oxygen atoms in total. The highest BCUT2D eigenvalue weighted by atomic mass is 16.2. The zero-order valence-electron chi connectivity index (χ0n) is 13.8. The second-order valence-electron chi connectivity index (χ2n) is 5.49. The Balaban J connectivity index is 2.91. The van der Waals surface area contributed by atoms with Crippen molar-refractivity contribution < 1.29 is 9.59 Å². The second kappa shape index (κ2) is 7.81. The van der Waals surface area contributed by atoms with Gasteiger partial charge in [-0.2, -0.15) is 0 Å². The molecule has 2 amide bonds. The van der Waals surface area contributed by atoms with Gasteiger partial charge in [0.1, 0.15) is 6.54 Å². The van der Waals surface area contributed by atoms with Crippen LogP contribution in [0.2, 0.25) is 0 Å². The van der Waals surface area contributed by atoms with Gasteiger partial charge in [-0.15, -0.1) is 0 Å². The fourth-order valence-electron chi connectivity index (χ4n) is 2.17. The van der Waals surface area contributed by atoms with E-state index in [1.54, 1.807) is 16.8 Å². The Morgan fingerprint density at radius 1 is 1.19 bits per heavy atom. The monoisotopic (exact) mass is 290 g/mol. The fourth-order valence-corrected chi connectivity index (χ4v) is 2.17. The van der Waals surface area contributed by atoms with Crippen LogP contribution in [-0.2, 0) is 9.59 Å². The summed E-state index contributed by atoms with van der Waals surface area (Å²) in [6, 6.07) is 5.81. The van der Waals surface area contributed by atoms with Crippen LogP contribution in [-0.4, -0.2) is 36.9 Å². The van der Waals surface area contributed by atoms with Gasteiger partial charge in [-0.05, 0) is 37.5 Å². The van der Waals surface area contributed by atoms with Crippen molar-refractivity contribution in [2.24, 2.45) is 0 Å². The van der Waals surface area contributed by atoms with Gasteiger partial charge in [-0.1, -0.05) is 25.5 Å². The highest BCUT2D eigenvalue weighted by Crippen LogP contribution is 2.23. The molecule has 116 valence electrons. The summed E-state index contributed by atoms with van der Waals surface area (Å²) in [5.41, 5.74) is 2.97. The number of hydrogen-bond donors (Lipinski definition) is 0. The number of unbranched alkanes of at least 4 members (excludes halogenated alkanes) is 1. The minimum absolute atomic E-state index is 0.0282. The molecular weight excluding hydrogens is 264 g/mol. The van der Waals surface area contributed by atoms with Crippen molar-refractivity contribution >= 4 is 17.5 Å². The molecule has 0 fully saturated rings. The molecular formula is C17H26N2O2. The van der Waals surface area contributed by atoms with E-state index in [0.717, 1.165) is 36.2 Å². The Bertz CT molecular complexity index is 512. The lowest BCUT2D eigenvalue weighted by Crippen LogP contribution is -2.41. The van der Waals surface area contributed by atoms with Crippen molar-refractivity contribution in [1.82, 2.24) is 4.90 Å². The maximum Gasteiger partial charge on any atom is 0.242 e. The highest BCUT2D eigenvalue weighted by molar-refractivity contribution is 5.98. The molecule has 0 aliphatic carbocycles. The lowest BCUT2D eigenvalue weighted by Gasteiger charge is -2.26.